The zero-order valence-electron chi connectivity index (χ0n) is 12.7. The minimum atomic E-state index is -0.572. The van der Waals surface area contributed by atoms with Gasteiger partial charge in [0.2, 0.25) is 5.95 Å². The molecule has 0 aromatic carbocycles. The van der Waals surface area contributed by atoms with Crippen LogP contribution < -0.4 is 5.32 Å². The average molecular weight is 315 g/mol. The Kier molecular flexibility index (Phi) is 3.61. The summed E-state index contributed by atoms with van der Waals surface area (Å²) in [6, 6.07) is 6.44. The smallest absolute Gasteiger partial charge is 0.287 e. The Hall–Kier alpha value is -2.21. The summed E-state index contributed by atoms with van der Waals surface area (Å²) >= 11 is 0. The van der Waals surface area contributed by atoms with E-state index in [0.29, 0.717) is 17.2 Å². The average Bonchev–Trinajstić information content (AvgIpc) is 3.06. The molecule has 3 aliphatic rings. The van der Waals surface area contributed by atoms with Crippen molar-refractivity contribution in [1.29, 1.82) is 0 Å². The first kappa shape index (κ1) is 14.4. The summed E-state index contributed by atoms with van der Waals surface area (Å²) in [6.07, 6.45) is 3.66. The number of nitrogens with zero attached hydrogens (tertiary/aromatic N) is 2. The van der Waals surface area contributed by atoms with Crippen LogP contribution in [0, 0.1) is 11.9 Å². The van der Waals surface area contributed by atoms with Gasteiger partial charge in [-0.25, -0.2) is 4.98 Å². The van der Waals surface area contributed by atoms with Gasteiger partial charge < -0.3 is 14.6 Å². The van der Waals surface area contributed by atoms with Gasteiger partial charge in [-0.1, -0.05) is 0 Å². The lowest BCUT2D eigenvalue weighted by Gasteiger charge is -2.44. The number of nitrogens with one attached hydrogen (secondary N) is 1. The predicted molar refractivity (Wildman–Crippen MR) is 82.3 cm³/mol. The normalized spacial score (nSPS) is 26.2. The van der Waals surface area contributed by atoms with Gasteiger partial charge in [-0.05, 0) is 50.0 Å². The van der Waals surface area contributed by atoms with Crippen LogP contribution in [0.3, 0.4) is 0 Å². The van der Waals surface area contributed by atoms with Gasteiger partial charge in [0, 0.05) is 30.4 Å². The SMILES string of the molecule is O=C(N[C@H]1CN2CCC1CC2)c1ccc(-c2ccnc(F)c2)o1. The van der Waals surface area contributed by atoms with Gasteiger partial charge >= 0.3 is 0 Å². The van der Waals surface area contributed by atoms with E-state index in [9.17, 15) is 9.18 Å². The second-order valence-electron chi connectivity index (χ2n) is 6.25. The maximum absolute atomic E-state index is 13.2. The van der Waals surface area contributed by atoms with E-state index in [1.54, 1.807) is 18.2 Å². The summed E-state index contributed by atoms with van der Waals surface area (Å²) in [5.41, 5.74) is 0.569. The number of hydrogen-bond acceptors (Lipinski definition) is 4. The molecule has 1 N–H and O–H groups in total. The van der Waals surface area contributed by atoms with E-state index in [1.165, 1.54) is 12.3 Å². The van der Waals surface area contributed by atoms with Gasteiger partial charge in [0.05, 0.1) is 0 Å². The van der Waals surface area contributed by atoms with E-state index >= 15 is 0 Å². The van der Waals surface area contributed by atoms with E-state index < -0.39 is 5.95 Å². The molecular weight excluding hydrogens is 297 g/mol. The Morgan fingerprint density at radius 1 is 1.30 bits per heavy atom. The topological polar surface area (TPSA) is 58.4 Å². The molecule has 3 aliphatic heterocycles. The monoisotopic (exact) mass is 315 g/mol. The first-order valence-corrected chi connectivity index (χ1v) is 7.94. The molecule has 1 amide bonds. The minimum Gasteiger partial charge on any atom is -0.451 e. The molecule has 0 aliphatic carbocycles. The highest BCUT2D eigenvalue weighted by Crippen LogP contribution is 2.28. The molecule has 5 rings (SSSR count). The number of aromatic nitrogens is 1. The fourth-order valence-corrected chi connectivity index (χ4v) is 3.54. The minimum absolute atomic E-state index is 0.192. The van der Waals surface area contributed by atoms with Gasteiger partial charge in [-0.2, -0.15) is 4.39 Å². The second-order valence-corrected chi connectivity index (χ2v) is 6.25. The zero-order valence-corrected chi connectivity index (χ0v) is 12.7. The Morgan fingerprint density at radius 2 is 2.13 bits per heavy atom. The Balaban J connectivity index is 1.47. The van der Waals surface area contributed by atoms with Gasteiger partial charge in [0.1, 0.15) is 5.76 Å². The number of fused-ring (bicyclic) bond motifs is 3. The number of pyridine rings is 1. The number of halogens is 1. The van der Waals surface area contributed by atoms with E-state index in [2.05, 4.69) is 15.2 Å². The number of rotatable bonds is 3. The van der Waals surface area contributed by atoms with Gasteiger partial charge in [-0.3, -0.25) is 4.79 Å². The number of amides is 1. The van der Waals surface area contributed by atoms with Gasteiger partial charge in [0.25, 0.3) is 5.91 Å². The summed E-state index contributed by atoms with van der Waals surface area (Å²) in [5.74, 6) is 0.508. The first-order valence-electron chi connectivity index (χ1n) is 7.94. The highest BCUT2D eigenvalue weighted by molar-refractivity contribution is 5.92. The van der Waals surface area contributed by atoms with Crippen LogP contribution in [0.5, 0.6) is 0 Å². The molecule has 2 aromatic heterocycles. The molecule has 1 atom stereocenters. The first-order chi connectivity index (χ1) is 11.2. The van der Waals surface area contributed by atoms with Crippen molar-refractivity contribution in [2.75, 3.05) is 19.6 Å². The van der Waals surface area contributed by atoms with E-state index in [0.717, 1.165) is 32.5 Å². The van der Waals surface area contributed by atoms with Gasteiger partial charge in [-0.15, -0.1) is 0 Å². The highest BCUT2D eigenvalue weighted by atomic mass is 19.1. The van der Waals surface area contributed by atoms with Crippen molar-refractivity contribution in [3.8, 4) is 11.3 Å². The highest BCUT2D eigenvalue weighted by Gasteiger charge is 2.35. The molecule has 23 heavy (non-hydrogen) atoms. The van der Waals surface area contributed by atoms with Crippen LogP contribution in [0.4, 0.5) is 4.39 Å². The van der Waals surface area contributed by atoms with Crippen LogP contribution >= 0.6 is 0 Å². The van der Waals surface area contributed by atoms with Crippen molar-refractivity contribution in [3.63, 3.8) is 0 Å². The van der Waals surface area contributed by atoms with Crippen LogP contribution in [-0.2, 0) is 0 Å². The third-order valence-corrected chi connectivity index (χ3v) is 4.81. The van der Waals surface area contributed by atoms with Crippen LogP contribution in [0.15, 0.2) is 34.9 Å². The summed E-state index contributed by atoms with van der Waals surface area (Å²) in [4.78, 5) is 18.3. The third-order valence-electron chi connectivity index (χ3n) is 4.81. The quantitative estimate of drug-likeness (QED) is 0.883. The van der Waals surface area contributed by atoms with E-state index in [-0.39, 0.29) is 17.7 Å². The van der Waals surface area contributed by atoms with E-state index in [4.69, 9.17) is 4.42 Å². The van der Waals surface area contributed by atoms with Crippen LogP contribution in [0.1, 0.15) is 23.4 Å². The molecule has 2 bridgehead atoms. The standard InChI is InChI=1S/C17H18FN3O2/c18-16-9-12(3-6-19-16)14-1-2-15(23-14)17(22)20-13-10-21-7-4-11(13)5-8-21/h1-3,6,9,11,13H,4-5,7-8,10H2,(H,20,22)/t13-/m0/s1. The maximum Gasteiger partial charge on any atom is 0.287 e. The van der Waals surface area contributed by atoms with Crippen molar-refractivity contribution in [2.24, 2.45) is 5.92 Å². The molecule has 3 fully saturated rings. The Bertz CT molecular complexity index is 722. The summed E-state index contributed by atoms with van der Waals surface area (Å²) in [7, 11) is 0. The lowest BCUT2D eigenvalue weighted by Crippen LogP contribution is -2.57. The molecule has 0 radical (unpaired) electrons. The fraction of sp³-hybridized carbons (Fsp3) is 0.412. The molecule has 0 spiro atoms. The summed E-state index contributed by atoms with van der Waals surface area (Å²) < 4.78 is 18.8. The molecule has 2 aromatic rings. The Morgan fingerprint density at radius 3 is 2.83 bits per heavy atom. The molecule has 0 saturated carbocycles. The van der Waals surface area contributed by atoms with Crippen molar-refractivity contribution in [1.82, 2.24) is 15.2 Å². The molecule has 5 nitrogen and oxygen atoms in total. The summed E-state index contributed by atoms with van der Waals surface area (Å²) in [6.45, 7) is 3.19. The number of carbonyl (C=O) groups excluding carboxylic acids is 1. The largest absolute Gasteiger partial charge is 0.451 e. The predicted octanol–water partition coefficient (Wildman–Crippen LogP) is 2.30. The molecular formula is C17H18FN3O2. The molecule has 6 heteroatoms. The van der Waals surface area contributed by atoms with Gasteiger partial charge in [0.15, 0.2) is 5.76 Å². The summed E-state index contributed by atoms with van der Waals surface area (Å²) in [5, 5.41) is 3.08. The zero-order chi connectivity index (χ0) is 15.8. The number of carbonyl (C=O) groups is 1. The maximum atomic E-state index is 13.2. The number of hydrogen-bond donors (Lipinski definition) is 1. The van der Waals surface area contributed by atoms with Crippen molar-refractivity contribution < 1.29 is 13.6 Å². The lowest BCUT2D eigenvalue weighted by atomic mass is 9.84. The van der Waals surface area contributed by atoms with Crippen molar-refractivity contribution in [3.05, 3.63) is 42.2 Å². The second kappa shape index (κ2) is 5.77. The molecule has 120 valence electrons. The van der Waals surface area contributed by atoms with Crippen LogP contribution in [-0.4, -0.2) is 41.5 Å². The fourth-order valence-electron chi connectivity index (χ4n) is 3.54. The van der Waals surface area contributed by atoms with Crippen LogP contribution in [0.2, 0.25) is 0 Å². The third kappa shape index (κ3) is 2.86. The Labute approximate surface area is 133 Å². The number of furan rings is 1. The van der Waals surface area contributed by atoms with Crippen molar-refractivity contribution in [2.45, 2.75) is 18.9 Å². The van der Waals surface area contributed by atoms with Crippen molar-refractivity contribution >= 4 is 5.91 Å². The molecule has 5 heterocycles. The lowest BCUT2D eigenvalue weighted by molar-refractivity contribution is 0.0606. The van der Waals surface area contributed by atoms with Crippen LogP contribution in [0.25, 0.3) is 11.3 Å². The molecule has 0 unspecified atom stereocenters. The number of piperidine rings is 3. The molecule has 3 saturated heterocycles. The van der Waals surface area contributed by atoms with E-state index in [1.807, 2.05) is 0 Å².